The highest BCUT2D eigenvalue weighted by Crippen LogP contribution is 2.51. The number of rotatable bonds is 4. The molecule has 246 valence electrons. The van der Waals surface area contributed by atoms with E-state index in [1.807, 2.05) is 23.5 Å². The molecule has 0 atom stereocenters. The van der Waals surface area contributed by atoms with Gasteiger partial charge in [-0.3, -0.25) is 0 Å². The normalized spacial score (nSPS) is 13.3. The minimum absolute atomic E-state index is 0.0864. The van der Waals surface area contributed by atoms with Gasteiger partial charge in [0.1, 0.15) is 11.2 Å². The molecule has 0 aliphatic heterocycles. The van der Waals surface area contributed by atoms with Crippen LogP contribution < -0.4 is 4.90 Å². The van der Waals surface area contributed by atoms with Crippen molar-refractivity contribution in [3.8, 4) is 22.3 Å². The predicted octanol–water partition coefficient (Wildman–Crippen LogP) is 14.6. The van der Waals surface area contributed by atoms with E-state index in [9.17, 15) is 0 Å². The van der Waals surface area contributed by atoms with Crippen LogP contribution in [0.4, 0.5) is 17.1 Å². The molecule has 0 spiro atoms. The Morgan fingerprint density at radius 3 is 2.04 bits per heavy atom. The van der Waals surface area contributed by atoms with E-state index in [1.54, 1.807) is 0 Å². The van der Waals surface area contributed by atoms with Crippen LogP contribution in [0.15, 0.2) is 168 Å². The molecular formula is C49H33NOS. The second kappa shape index (κ2) is 10.9. The highest BCUT2D eigenvalue weighted by atomic mass is 32.1. The van der Waals surface area contributed by atoms with E-state index in [1.165, 1.54) is 64.3 Å². The van der Waals surface area contributed by atoms with E-state index < -0.39 is 0 Å². The fourth-order valence-electron chi connectivity index (χ4n) is 8.58. The van der Waals surface area contributed by atoms with Crippen molar-refractivity contribution < 1.29 is 4.42 Å². The first-order chi connectivity index (χ1) is 25.5. The predicted molar refractivity (Wildman–Crippen MR) is 222 cm³/mol. The Hall–Kier alpha value is -6.16. The average molecular weight is 684 g/mol. The molecule has 2 heterocycles. The van der Waals surface area contributed by atoms with Crippen LogP contribution in [0.25, 0.3) is 75.1 Å². The molecule has 1 aliphatic rings. The van der Waals surface area contributed by atoms with Gasteiger partial charge in [0.15, 0.2) is 0 Å². The Balaban J connectivity index is 1.03. The lowest BCUT2D eigenvalue weighted by atomic mass is 9.82. The van der Waals surface area contributed by atoms with E-state index in [0.717, 1.165) is 39.0 Å². The van der Waals surface area contributed by atoms with E-state index in [0.29, 0.717) is 0 Å². The molecule has 0 bridgehead atoms. The van der Waals surface area contributed by atoms with Crippen LogP contribution in [0.1, 0.15) is 25.0 Å². The van der Waals surface area contributed by atoms with Gasteiger partial charge >= 0.3 is 0 Å². The smallest absolute Gasteiger partial charge is 0.136 e. The lowest BCUT2D eigenvalue weighted by molar-refractivity contribution is 0.660. The van der Waals surface area contributed by atoms with Crippen LogP contribution in [-0.4, -0.2) is 0 Å². The van der Waals surface area contributed by atoms with Crippen LogP contribution in [0.3, 0.4) is 0 Å². The zero-order valence-electron chi connectivity index (χ0n) is 28.9. The standard InChI is InChI=1S/C49H33NOS/c1-49(2)43-12-6-3-9-37(43)38-23-21-35(28-44(38)49)50(36-22-24-41-40-11-5-8-14-47(40)52-48(41)29-36)34-19-17-30(18-20-34)31-15-16-32-26-42-39-10-4-7-13-45(39)51-46(42)27-33(32)25-31/h3-29H,1-2H3. The average Bonchev–Trinajstić information content (AvgIpc) is 3.81. The summed E-state index contributed by atoms with van der Waals surface area (Å²) in [5.41, 5.74) is 13.0. The summed E-state index contributed by atoms with van der Waals surface area (Å²) in [6, 6.07) is 60.1. The topological polar surface area (TPSA) is 16.4 Å². The van der Waals surface area contributed by atoms with E-state index in [2.05, 4.69) is 170 Å². The van der Waals surface area contributed by atoms with Crippen molar-refractivity contribution in [1.82, 2.24) is 0 Å². The Morgan fingerprint density at radius 1 is 0.442 bits per heavy atom. The van der Waals surface area contributed by atoms with Gasteiger partial charge in [-0.25, -0.2) is 0 Å². The summed E-state index contributed by atoms with van der Waals surface area (Å²) in [5.74, 6) is 0. The van der Waals surface area contributed by atoms with Gasteiger partial charge in [0, 0.05) is 53.4 Å². The minimum atomic E-state index is -0.0864. The van der Waals surface area contributed by atoms with Crippen molar-refractivity contribution in [2.24, 2.45) is 0 Å². The van der Waals surface area contributed by atoms with Crippen LogP contribution in [0.2, 0.25) is 0 Å². The zero-order chi connectivity index (χ0) is 34.6. The molecule has 2 nitrogen and oxygen atoms in total. The van der Waals surface area contributed by atoms with Crippen molar-refractivity contribution in [2.75, 3.05) is 4.90 Å². The van der Waals surface area contributed by atoms with Gasteiger partial charge in [0.25, 0.3) is 0 Å². The number of para-hydroxylation sites is 1. The van der Waals surface area contributed by atoms with Gasteiger partial charge in [-0.2, -0.15) is 0 Å². The second-order valence-corrected chi connectivity index (χ2v) is 15.7. The van der Waals surface area contributed by atoms with E-state index >= 15 is 0 Å². The molecule has 11 rings (SSSR count). The third kappa shape index (κ3) is 4.36. The number of hydrogen-bond donors (Lipinski definition) is 0. The van der Waals surface area contributed by atoms with Crippen molar-refractivity contribution in [1.29, 1.82) is 0 Å². The monoisotopic (exact) mass is 683 g/mol. The maximum Gasteiger partial charge on any atom is 0.136 e. The SMILES string of the molecule is CC1(C)c2ccccc2-c2ccc(N(c3ccc(-c4ccc5cc6c(cc5c4)oc4ccccc46)cc3)c3ccc4c(c3)sc3ccccc34)cc21. The fourth-order valence-corrected chi connectivity index (χ4v) is 9.72. The molecule has 2 aromatic heterocycles. The summed E-state index contributed by atoms with van der Waals surface area (Å²) in [5, 5.41) is 7.33. The number of thiophene rings is 1. The Bertz CT molecular complexity index is 3050. The van der Waals surface area contributed by atoms with Crippen molar-refractivity contribution in [3.63, 3.8) is 0 Å². The summed E-state index contributed by atoms with van der Waals surface area (Å²) in [6.07, 6.45) is 0. The van der Waals surface area contributed by atoms with Crippen LogP contribution >= 0.6 is 11.3 Å². The quantitative estimate of drug-likeness (QED) is 0.184. The molecule has 0 saturated carbocycles. The van der Waals surface area contributed by atoms with Crippen molar-refractivity contribution >= 4 is 81.3 Å². The number of furan rings is 1. The van der Waals surface area contributed by atoms with Gasteiger partial charge in [-0.05, 0) is 111 Å². The molecule has 3 heteroatoms. The Labute approximate surface area is 305 Å². The lowest BCUT2D eigenvalue weighted by Crippen LogP contribution is -2.16. The van der Waals surface area contributed by atoms with E-state index in [4.69, 9.17) is 4.42 Å². The first kappa shape index (κ1) is 29.6. The Morgan fingerprint density at radius 2 is 1.13 bits per heavy atom. The fraction of sp³-hybridized carbons (Fsp3) is 0.0612. The third-order valence-corrected chi connectivity index (χ3v) is 12.4. The first-order valence-electron chi connectivity index (χ1n) is 17.9. The maximum absolute atomic E-state index is 6.23. The lowest BCUT2D eigenvalue weighted by Gasteiger charge is -2.28. The summed E-state index contributed by atoms with van der Waals surface area (Å²) in [4.78, 5) is 2.42. The highest BCUT2D eigenvalue weighted by Gasteiger charge is 2.35. The molecule has 52 heavy (non-hydrogen) atoms. The minimum Gasteiger partial charge on any atom is -0.456 e. The number of benzene rings is 8. The van der Waals surface area contributed by atoms with Crippen molar-refractivity contribution in [2.45, 2.75) is 19.3 Å². The number of fused-ring (bicyclic) bond motifs is 10. The second-order valence-electron chi connectivity index (χ2n) is 14.6. The number of nitrogens with zero attached hydrogens (tertiary/aromatic N) is 1. The number of anilines is 3. The molecule has 0 unspecified atom stereocenters. The molecule has 0 N–H and O–H groups in total. The number of hydrogen-bond acceptors (Lipinski definition) is 3. The molecule has 1 aliphatic carbocycles. The molecule has 10 aromatic rings. The molecule has 0 radical (unpaired) electrons. The van der Waals surface area contributed by atoms with Crippen LogP contribution in [0, 0.1) is 0 Å². The highest BCUT2D eigenvalue weighted by molar-refractivity contribution is 7.25. The molecule has 0 saturated heterocycles. The first-order valence-corrected chi connectivity index (χ1v) is 18.7. The van der Waals surface area contributed by atoms with Crippen LogP contribution in [-0.2, 0) is 5.41 Å². The maximum atomic E-state index is 6.23. The van der Waals surface area contributed by atoms with Gasteiger partial charge in [0.05, 0.1) is 0 Å². The molecule has 0 fully saturated rings. The van der Waals surface area contributed by atoms with Crippen molar-refractivity contribution in [3.05, 3.63) is 175 Å². The third-order valence-electron chi connectivity index (χ3n) is 11.2. The molecule has 0 amide bonds. The summed E-state index contributed by atoms with van der Waals surface area (Å²) in [7, 11) is 0. The molecular weight excluding hydrogens is 651 g/mol. The van der Waals surface area contributed by atoms with Gasteiger partial charge in [-0.15, -0.1) is 11.3 Å². The van der Waals surface area contributed by atoms with Gasteiger partial charge in [0.2, 0.25) is 0 Å². The van der Waals surface area contributed by atoms with E-state index in [-0.39, 0.29) is 5.41 Å². The summed E-state index contributed by atoms with van der Waals surface area (Å²) < 4.78 is 8.84. The van der Waals surface area contributed by atoms with Gasteiger partial charge < -0.3 is 9.32 Å². The zero-order valence-corrected chi connectivity index (χ0v) is 29.7. The van der Waals surface area contributed by atoms with Crippen LogP contribution in [0.5, 0.6) is 0 Å². The summed E-state index contributed by atoms with van der Waals surface area (Å²) in [6.45, 7) is 4.71. The molecule has 8 aromatic carbocycles. The Kier molecular flexibility index (Phi) is 6.21. The van der Waals surface area contributed by atoms with Gasteiger partial charge in [-0.1, -0.05) is 111 Å². The summed E-state index contributed by atoms with van der Waals surface area (Å²) >= 11 is 1.86. The largest absolute Gasteiger partial charge is 0.456 e.